The first-order valence-electron chi connectivity index (χ1n) is 6.44. The van der Waals surface area contributed by atoms with E-state index in [0.29, 0.717) is 21.2 Å². The Balaban J connectivity index is 1.79. The molecule has 0 aliphatic carbocycles. The van der Waals surface area contributed by atoms with Crippen LogP contribution in [0.5, 0.6) is 0 Å². The van der Waals surface area contributed by atoms with Gasteiger partial charge in [-0.15, -0.1) is 11.3 Å². The molecule has 2 aromatic heterocycles. The Morgan fingerprint density at radius 2 is 2.23 bits per heavy atom. The van der Waals surface area contributed by atoms with Crippen LogP contribution in [-0.2, 0) is 11.3 Å². The van der Waals surface area contributed by atoms with Gasteiger partial charge in [-0.05, 0) is 25.1 Å². The number of rotatable bonds is 3. The molecule has 5 nitrogen and oxygen atoms in total. The molecule has 0 atom stereocenters. The van der Waals surface area contributed by atoms with Gasteiger partial charge in [0.1, 0.15) is 6.61 Å². The molecular formula is C15H11ClN2O3S. The molecule has 2 heterocycles. The van der Waals surface area contributed by atoms with Gasteiger partial charge in [0, 0.05) is 22.2 Å². The average molecular weight is 335 g/mol. The molecule has 0 N–H and O–H groups in total. The van der Waals surface area contributed by atoms with E-state index >= 15 is 0 Å². The number of esters is 1. The van der Waals surface area contributed by atoms with Crippen molar-refractivity contribution in [1.82, 2.24) is 9.38 Å². The number of hydrogen-bond donors (Lipinski definition) is 0. The summed E-state index contributed by atoms with van der Waals surface area (Å²) in [6.45, 7) is 1.84. The summed E-state index contributed by atoms with van der Waals surface area (Å²) in [5.41, 5.74) is 0.586. The Morgan fingerprint density at radius 3 is 3.00 bits per heavy atom. The summed E-state index contributed by atoms with van der Waals surface area (Å²) < 4.78 is 6.65. The fraction of sp³-hybridized carbons (Fsp3) is 0.133. The van der Waals surface area contributed by atoms with Crippen LogP contribution >= 0.6 is 22.9 Å². The van der Waals surface area contributed by atoms with E-state index < -0.39 is 5.97 Å². The average Bonchev–Trinajstić information content (AvgIpc) is 2.86. The van der Waals surface area contributed by atoms with Crippen LogP contribution in [0.2, 0.25) is 5.02 Å². The summed E-state index contributed by atoms with van der Waals surface area (Å²) in [5.74, 6) is -0.508. The molecule has 0 aliphatic heterocycles. The largest absolute Gasteiger partial charge is 0.456 e. The monoisotopic (exact) mass is 334 g/mol. The highest BCUT2D eigenvalue weighted by molar-refractivity contribution is 7.16. The molecule has 0 saturated heterocycles. The first-order chi connectivity index (χ1) is 10.5. The topological polar surface area (TPSA) is 60.7 Å². The Kier molecular flexibility index (Phi) is 3.96. The normalized spacial score (nSPS) is 10.8. The van der Waals surface area contributed by atoms with Crippen LogP contribution < -0.4 is 5.56 Å². The van der Waals surface area contributed by atoms with Gasteiger partial charge in [0.25, 0.3) is 5.56 Å². The molecule has 0 saturated carbocycles. The van der Waals surface area contributed by atoms with Crippen LogP contribution in [-0.4, -0.2) is 15.4 Å². The molecular weight excluding hydrogens is 324 g/mol. The van der Waals surface area contributed by atoms with Crippen molar-refractivity contribution < 1.29 is 9.53 Å². The first kappa shape index (κ1) is 14.7. The zero-order valence-corrected chi connectivity index (χ0v) is 13.1. The number of halogens is 1. The molecule has 7 heteroatoms. The van der Waals surface area contributed by atoms with Gasteiger partial charge in [-0.25, -0.2) is 9.78 Å². The van der Waals surface area contributed by atoms with Gasteiger partial charge >= 0.3 is 5.97 Å². The number of aryl methyl sites for hydroxylation is 1. The minimum Gasteiger partial charge on any atom is -0.456 e. The summed E-state index contributed by atoms with van der Waals surface area (Å²) in [7, 11) is 0. The van der Waals surface area contributed by atoms with Gasteiger partial charge in [0.15, 0.2) is 4.96 Å². The minimum absolute atomic E-state index is 0.0615. The molecule has 0 aliphatic rings. The number of thiazole rings is 1. The molecule has 22 heavy (non-hydrogen) atoms. The number of carbonyl (C=O) groups excluding carboxylic acids is 1. The summed E-state index contributed by atoms with van der Waals surface area (Å²) in [4.78, 5) is 29.8. The van der Waals surface area contributed by atoms with E-state index in [4.69, 9.17) is 16.3 Å². The van der Waals surface area contributed by atoms with E-state index in [1.54, 1.807) is 24.4 Å². The fourth-order valence-electron chi connectivity index (χ4n) is 1.97. The minimum atomic E-state index is -0.508. The van der Waals surface area contributed by atoms with Crippen LogP contribution in [0, 0.1) is 6.92 Å². The lowest BCUT2D eigenvalue weighted by atomic mass is 10.2. The second-order valence-corrected chi connectivity index (χ2v) is 6.32. The number of aromatic nitrogens is 2. The Bertz CT molecular complexity index is 917. The highest BCUT2D eigenvalue weighted by atomic mass is 35.5. The van der Waals surface area contributed by atoms with Gasteiger partial charge in [0.05, 0.1) is 11.3 Å². The number of fused-ring (bicyclic) bond motifs is 1. The molecule has 0 radical (unpaired) electrons. The summed E-state index contributed by atoms with van der Waals surface area (Å²) >= 11 is 7.24. The first-order valence-corrected chi connectivity index (χ1v) is 7.64. The van der Waals surface area contributed by atoms with Crippen LogP contribution in [0.25, 0.3) is 4.96 Å². The molecule has 0 spiro atoms. The van der Waals surface area contributed by atoms with Crippen molar-refractivity contribution in [2.45, 2.75) is 13.5 Å². The Hall–Kier alpha value is -2.18. The van der Waals surface area contributed by atoms with E-state index in [1.807, 2.05) is 6.92 Å². The third kappa shape index (κ3) is 3.03. The van der Waals surface area contributed by atoms with Crippen LogP contribution in [0.3, 0.4) is 0 Å². The fourth-order valence-corrected chi connectivity index (χ4v) is 3.01. The summed E-state index contributed by atoms with van der Waals surface area (Å²) in [6.07, 6.45) is 1.73. The lowest BCUT2D eigenvalue weighted by Gasteiger charge is -2.04. The van der Waals surface area contributed by atoms with E-state index in [2.05, 4.69) is 4.98 Å². The predicted molar refractivity (Wildman–Crippen MR) is 84.6 cm³/mol. The highest BCUT2D eigenvalue weighted by Crippen LogP contribution is 2.14. The number of nitrogens with zero attached hydrogens (tertiary/aromatic N) is 2. The van der Waals surface area contributed by atoms with Crippen LogP contribution in [0.4, 0.5) is 0 Å². The van der Waals surface area contributed by atoms with Crippen molar-refractivity contribution in [3.63, 3.8) is 0 Å². The maximum atomic E-state index is 11.9. The van der Waals surface area contributed by atoms with Gasteiger partial charge in [0.2, 0.25) is 0 Å². The zero-order chi connectivity index (χ0) is 15.7. The number of benzene rings is 1. The SMILES string of the molecule is Cc1cn2c(=O)cc(COC(=O)c3cccc(Cl)c3)nc2s1. The third-order valence-corrected chi connectivity index (χ3v) is 4.08. The van der Waals surface area contributed by atoms with Gasteiger partial charge < -0.3 is 4.74 Å². The Morgan fingerprint density at radius 1 is 1.41 bits per heavy atom. The quantitative estimate of drug-likeness (QED) is 0.691. The lowest BCUT2D eigenvalue weighted by Crippen LogP contribution is -2.14. The van der Waals surface area contributed by atoms with Crippen molar-refractivity contribution in [2.75, 3.05) is 0 Å². The predicted octanol–water partition coefficient (Wildman–Crippen LogP) is 3.07. The number of carbonyl (C=O) groups is 1. The van der Waals surface area contributed by atoms with Gasteiger partial charge in [-0.1, -0.05) is 17.7 Å². The highest BCUT2D eigenvalue weighted by Gasteiger charge is 2.10. The van der Waals surface area contributed by atoms with E-state index in [-0.39, 0.29) is 12.2 Å². The third-order valence-electron chi connectivity index (χ3n) is 2.95. The van der Waals surface area contributed by atoms with Crippen molar-refractivity contribution >= 4 is 33.9 Å². The van der Waals surface area contributed by atoms with E-state index in [0.717, 1.165) is 4.88 Å². The molecule has 0 bridgehead atoms. The van der Waals surface area contributed by atoms with E-state index in [9.17, 15) is 9.59 Å². The van der Waals surface area contributed by atoms with Crippen molar-refractivity contribution in [1.29, 1.82) is 0 Å². The van der Waals surface area contributed by atoms with E-state index in [1.165, 1.54) is 27.9 Å². The van der Waals surface area contributed by atoms with Gasteiger partial charge in [-0.3, -0.25) is 9.20 Å². The second-order valence-electron chi connectivity index (χ2n) is 4.67. The summed E-state index contributed by atoms with van der Waals surface area (Å²) in [5, 5.41) is 0.460. The maximum absolute atomic E-state index is 11.9. The number of hydrogen-bond acceptors (Lipinski definition) is 5. The zero-order valence-electron chi connectivity index (χ0n) is 11.6. The molecule has 3 rings (SSSR count). The standard InChI is InChI=1S/C15H11ClN2O3S/c1-9-7-18-13(19)6-12(17-15(18)22-9)8-21-14(20)10-3-2-4-11(16)5-10/h2-7H,8H2,1H3. The van der Waals surface area contributed by atoms with Crippen LogP contribution in [0.15, 0.2) is 41.3 Å². The second kappa shape index (κ2) is 5.90. The smallest absolute Gasteiger partial charge is 0.338 e. The molecule has 0 amide bonds. The number of ether oxygens (including phenoxy) is 1. The van der Waals surface area contributed by atoms with Crippen molar-refractivity contribution in [3.05, 3.63) is 68.0 Å². The maximum Gasteiger partial charge on any atom is 0.338 e. The van der Waals surface area contributed by atoms with Crippen LogP contribution in [0.1, 0.15) is 20.9 Å². The molecule has 0 unspecified atom stereocenters. The lowest BCUT2D eigenvalue weighted by molar-refractivity contribution is 0.0468. The Labute approximate surface area is 134 Å². The van der Waals surface area contributed by atoms with Gasteiger partial charge in [-0.2, -0.15) is 0 Å². The molecule has 0 fully saturated rings. The molecule has 1 aromatic carbocycles. The molecule has 112 valence electrons. The molecule has 3 aromatic rings. The van der Waals surface area contributed by atoms with Crippen molar-refractivity contribution in [2.24, 2.45) is 0 Å². The summed E-state index contributed by atoms with van der Waals surface area (Å²) in [6, 6.07) is 7.85. The van der Waals surface area contributed by atoms with Crippen molar-refractivity contribution in [3.8, 4) is 0 Å².